The second-order valence-electron chi connectivity index (χ2n) is 9.13. The lowest BCUT2D eigenvalue weighted by Crippen LogP contribution is -2.31. The van der Waals surface area contributed by atoms with Crippen LogP contribution in [-0.4, -0.2) is 36.7 Å². The molecule has 176 valence electrons. The van der Waals surface area contributed by atoms with E-state index in [2.05, 4.69) is 54.0 Å². The average Bonchev–Trinajstić information content (AvgIpc) is 3.37. The molecule has 0 bridgehead atoms. The summed E-state index contributed by atoms with van der Waals surface area (Å²) in [6.45, 7) is 3.25. The number of hydrogen-bond donors (Lipinski definition) is 0. The number of hydrazone groups is 1. The van der Waals surface area contributed by atoms with Crippen LogP contribution in [0.25, 0.3) is 21.8 Å². The van der Waals surface area contributed by atoms with E-state index in [1.807, 2.05) is 41.6 Å². The monoisotopic (exact) mass is 473 g/mol. The quantitative estimate of drug-likeness (QED) is 0.179. The summed E-state index contributed by atoms with van der Waals surface area (Å²) in [6.07, 6.45) is 6.06. The number of sulfone groups is 1. The molecule has 0 N–H and O–H groups in total. The maximum absolute atomic E-state index is 12.1. The summed E-state index contributed by atoms with van der Waals surface area (Å²) in [5, 5.41) is 9.16. The molecule has 1 aliphatic rings. The Bertz CT molecular complexity index is 1420. The molecule has 1 aliphatic heterocycles. The van der Waals surface area contributed by atoms with Gasteiger partial charge in [-0.2, -0.15) is 5.10 Å². The van der Waals surface area contributed by atoms with Gasteiger partial charge in [-0.15, -0.1) is 0 Å². The fourth-order valence-electron chi connectivity index (χ4n) is 4.96. The van der Waals surface area contributed by atoms with E-state index in [1.54, 1.807) is 0 Å². The Kier molecular flexibility index (Phi) is 6.42. The van der Waals surface area contributed by atoms with Gasteiger partial charge in [0.25, 0.3) is 0 Å². The van der Waals surface area contributed by atoms with Crippen LogP contribution in [0.1, 0.15) is 38.2 Å². The van der Waals surface area contributed by atoms with Crippen molar-refractivity contribution in [1.82, 2.24) is 4.57 Å². The Morgan fingerprint density at radius 1 is 0.971 bits per heavy atom. The maximum Gasteiger partial charge on any atom is 0.152 e. The zero-order chi connectivity index (χ0) is 23.5. The van der Waals surface area contributed by atoms with Crippen molar-refractivity contribution in [1.29, 1.82) is 0 Å². The summed E-state index contributed by atoms with van der Waals surface area (Å²) < 4.78 is 26.7. The number of para-hydroxylation sites is 2. The van der Waals surface area contributed by atoms with Crippen molar-refractivity contribution in [3.63, 3.8) is 0 Å². The summed E-state index contributed by atoms with van der Waals surface area (Å²) in [7, 11) is -3.01. The van der Waals surface area contributed by atoms with Crippen molar-refractivity contribution in [3.05, 3.63) is 78.4 Å². The smallest absolute Gasteiger partial charge is 0.152 e. The van der Waals surface area contributed by atoms with E-state index in [0.717, 1.165) is 17.8 Å². The third kappa shape index (κ3) is 4.60. The van der Waals surface area contributed by atoms with Crippen LogP contribution in [0, 0.1) is 0 Å². The van der Waals surface area contributed by atoms with Crippen molar-refractivity contribution in [2.24, 2.45) is 5.10 Å². The number of unbranched alkanes of at least 4 members (excludes halogenated alkanes) is 2. The minimum atomic E-state index is -3.01. The van der Waals surface area contributed by atoms with Gasteiger partial charge in [-0.1, -0.05) is 62.2 Å². The van der Waals surface area contributed by atoms with Crippen LogP contribution < -0.4 is 5.01 Å². The number of nitrogens with zero attached hydrogens (tertiary/aromatic N) is 3. The summed E-state index contributed by atoms with van der Waals surface area (Å²) in [5.41, 5.74) is 4.43. The van der Waals surface area contributed by atoms with Gasteiger partial charge < -0.3 is 4.57 Å². The average molecular weight is 474 g/mol. The van der Waals surface area contributed by atoms with E-state index in [-0.39, 0.29) is 17.5 Å². The lowest BCUT2D eigenvalue weighted by Gasteiger charge is -2.25. The van der Waals surface area contributed by atoms with Crippen molar-refractivity contribution in [3.8, 4) is 0 Å². The van der Waals surface area contributed by atoms with E-state index in [0.29, 0.717) is 6.42 Å². The van der Waals surface area contributed by atoms with Gasteiger partial charge in [-0.25, -0.2) is 8.42 Å². The molecule has 1 atom stereocenters. The molecule has 0 radical (unpaired) electrons. The molecule has 0 spiro atoms. The molecule has 5 nitrogen and oxygen atoms in total. The van der Waals surface area contributed by atoms with E-state index < -0.39 is 9.84 Å². The van der Waals surface area contributed by atoms with E-state index >= 15 is 0 Å². The van der Waals surface area contributed by atoms with Gasteiger partial charge in [0.15, 0.2) is 9.84 Å². The minimum Gasteiger partial charge on any atom is -0.340 e. The molecule has 4 aromatic rings. The zero-order valence-electron chi connectivity index (χ0n) is 19.6. The zero-order valence-corrected chi connectivity index (χ0v) is 20.4. The Hall–Kier alpha value is -3.12. The summed E-state index contributed by atoms with van der Waals surface area (Å²) in [6, 6.07) is 24.8. The van der Waals surface area contributed by atoms with E-state index in [4.69, 9.17) is 5.10 Å². The minimum absolute atomic E-state index is 0.142. The highest BCUT2D eigenvalue weighted by Crippen LogP contribution is 2.30. The molecule has 1 aromatic heterocycles. The van der Waals surface area contributed by atoms with Crippen molar-refractivity contribution in [2.75, 3.05) is 16.5 Å². The highest BCUT2D eigenvalue weighted by molar-refractivity contribution is 7.91. The van der Waals surface area contributed by atoms with Crippen molar-refractivity contribution in [2.45, 2.75) is 45.2 Å². The highest BCUT2D eigenvalue weighted by Gasteiger charge is 2.32. The van der Waals surface area contributed by atoms with Crippen LogP contribution in [0.15, 0.2) is 77.9 Å². The molecule has 0 aliphatic carbocycles. The second kappa shape index (κ2) is 9.63. The van der Waals surface area contributed by atoms with Crippen LogP contribution in [0.2, 0.25) is 0 Å². The van der Waals surface area contributed by atoms with Crippen LogP contribution in [0.4, 0.5) is 5.69 Å². The van der Waals surface area contributed by atoms with Crippen LogP contribution >= 0.6 is 0 Å². The number of rotatable bonds is 8. The van der Waals surface area contributed by atoms with Gasteiger partial charge in [0.1, 0.15) is 0 Å². The largest absolute Gasteiger partial charge is 0.340 e. The molecule has 1 saturated heterocycles. The number of aromatic nitrogens is 1. The van der Waals surface area contributed by atoms with Gasteiger partial charge in [-0.3, -0.25) is 5.01 Å². The molecule has 0 amide bonds. The highest BCUT2D eigenvalue weighted by atomic mass is 32.2. The Morgan fingerprint density at radius 2 is 1.74 bits per heavy atom. The molecule has 34 heavy (non-hydrogen) atoms. The van der Waals surface area contributed by atoms with Crippen LogP contribution in [0.3, 0.4) is 0 Å². The number of fused-ring (bicyclic) bond motifs is 3. The Morgan fingerprint density at radius 3 is 2.50 bits per heavy atom. The first-order chi connectivity index (χ1) is 16.6. The van der Waals surface area contributed by atoms with Gasteiger partial charge in [0.2, 0.25) is 0 Å². The Balaban J connectivity index is 1.51. The molecule has 0 saturated carbocycles. The predicted octanol–water partition coefficient (Wildman–Crippen LogP) is 6.01. The first-order valence-electron chi connectivity index (χ1n) is 12.2. The summed E-state index contributed by atoms with van der Waals surface area (Å²) >= 11 is 0. The van der Waals surface area contributed by atoms with Crippen molar-refractivity contribution < 1.29 is 8.42 Å². The molecule has 5 rings (SSSR count). The lowest BCUT2D eigenvalue weighted by atomic mass is 10.1. The standard InChI is InChI=1S/C28H31N3O2S/c1-2-3-9-17-30-27-13-8-7-12-25(27)26-19-22(14-15-28(26)30)20-29-31(23-10-5-4-6-11-23)24-16-18-34(32,33)21-24/h4-8,10-15,19-20,24H,2-3,9,16-18,21H2,1H3/b29-20+. The van der Waals surface area contributed by atoms with Gasteiger partial charge in [-0.05, 0) is 48.7 Å². The normalized spacial score (nSPS) is 17.7. The number of hydrogen-bond acceptors (Lipinski definition) is 4. The number of anilines is 1. The predicted molar refractivity (Wildman–Crippen MR) is 143 cm³/mol. The van der Waals surface area contributed by atoms with Crippen molar-refractivity contribution >= 4 is 43.5 Å². The molecule has 2 heterocycles. The lowest BCUT2D eigenvalue weighted by molar-refractivity contribution is 0.600. The summed E-state index contributed by atoms with van der Waals surface area (Å²) in [4.78, 5) is 0. The first kappa shape index (κ1) is 22.7. The summed E-state index contributed by atoms with van der Waals surface area (Å²) in [5.74, 6) is 0.365. The van der Waals surface area contributed by atoms with E-state index in [1.165, 1.54) is 41.1 Å². The topological polar surface area (TPSA) is 54.7 Å². The fraction of sp³-hybridized carbons (Fsp3) is 0.321. The molecule has 3 aromatic carbocycles. The number of aryl methyl sites for hydroxylation is 1. The van der Waals surface area contributed by atoms with Gasteiger partial charge in [0.05, 0.1) is 29.4 Å². The molecular weight excluding hydrogens is 442 g/mol. The maximum atomic E-state index is 12.1. The number of benzene rings is 3. The third-order valence-electron chi connectivity index (χ3n) is 6.69. The van der Waals surface area contributed by atoms with E-state index in [9.17, 15) is 8.42 Å². The fourth-order valence-corrected chi connectivity index (χ4v) is 6.65. The van der Waals surface area contributed by atoms with Gasteiger partial charge in [0, 0.05) is 28.4 Å². The second-order valence-corrected chi connectivity index (χ2v) is 11.4. The van der Waals surface area contributed by atoms with Gasteiger partial charge >= 0.3 is 0 Å². The molecular formula is C28H31N3O2S. The molecule has 6 heteroatoms. The molecule has 1 unspecified atom stereocenters. The SMILES string of the molecule is CCCCCn1c2ccccc2c2cc(/C=N/N(c3ccccc3)C3CCS(=O)(=O)C3)ccc21. The third-order valence-corrected chi connectivity index (χ3v) is 8.44. The Labute approximate surface area is 201 Å². The van der Waals surface area contributed by atoms with Crippen LogP contribution in [-0.2, 0) is 16.4 Å². The van der Waals surface area contributed by atoms with Crippen LogP contribution in [0.5, 0.6) is 0 Å². The molecule has 1 fully saturated rings. The first-order valence-corrected chi connectivity index (χ1v) is 14.0.